The van der Waals surface area contributed by atoms with Crippen LogP contribution in [0.1, 0.15) is 13.3 Å². The van der Waals surface area contributed by atoms with Gasteiger partial charge in [0.25, 0.3) is 0 Å². The predicted octanol–water partition coefficient (Wildman–Crippen LogP) is -0.465. The molecule has 0 aliphatic rings. The average molecular weight is 180 g/mol. The fourth-order valence-corrected chi connectivity index (χ4v) is 1.70. The Hall–Kier alpha value is -0.130. The maximum Gasteiger partial charge on any atom is 0.212 e. The Kier molecular flexibility index (Phi) is 5.45. The molecule has 0 heterocycles. The molecule has 0 aromatic heterocycles. The van der Waals surface area contributed by atoms with Crippen LogP contribution in [0.2, 0.25) is 0 Å². The zero-order valence-electron chi connectivity index (χ0n) is 7.05. The standard InChI is InChI=1S/C6H16N2O2S/c1-3-4-8-11(9,10)6-5-7-2/h7-8H,3-6H2,1-2H3. The molecule has 5 heteroatoms. The minimum absolute atomic E-state index is 0.156. The van der Waals surface area contributed by atoms with Gasteiger partial charge in [0.2, 0.25) is 10.0 Å². The van der Waals surface area contributed by atoms with Crippen LogP contribution in [-0.4, -0.2) is 34.3 Å². The molecule has 4 nitrogen and oxygen atoms in total. The predicted molar refractivity (Wildman–Crippen MR) is 46.0 cm³/mol. The lowest BCUT2D eigenvalue weighted by molar-refractivity contribution is 0.578. The maximum absolute atomic E-state index is 11.0. The summed E-state index contributed by atoms with van der Waals surface area (Å²) in [5, 5.41) is 2.78. The van der Waals surface area contributed by atoms with Crippen molar-refractivity contribution >= 4 is 10.0 Å². The highest BCUT2D eigenvalue weighted by atomic mass is 32.2. The Bertz CT molecular complexity index is 163. The molecule has 0 spiro atoms. The van der Waals surface area contributed by atoms with Crippen LogP contribution >= 0.6 is 0 Å². The molecule has 0 saturated carbocycles. The number of nitrogens with one attached hydrogen (secondary N) is 2. The van der Waals surface area contributed by atoms with Crippen molar-refractivity contribution in [3.05, 3.63) is 0 Å². The summed E-state index contributed by atoms with van der Waals surface area (Å²) in [6.07, 6.45) is 0.832. The van der Waals surface area contributed by atoms with E-state index in [9.17, 15) is 8.42 Å². The summed E-state index contributed by atoms with van der Waals surface area (Å²) in [5.74, 6) is 0.156. The molecule has 2 N–H and O–H groups in total. The lowest BCUT2D eigenvalue weighted by atomic mass is 10.5. The topological polar surface area (TPSA) is 58.2 Å². The molecule has 11 heavy (non-hydrogen) atoms. The zero-order chi connectivity index (χ0) is 8.74. The summed E-state index contributed by atoms with van der Waals surface area (Å²) in [6, 6.07) is 0. The molecule has 0 aliphatic heterocycles. The van der Waals surface area contributed by atoms with Crippen LogP contribution in [0.5, 0.6) is 0 Å². The van der Waals surface area contributed by atoms with E-state index in [-0.39, 0.29) is 5.75 Å². The molecule has 0 saturated heterocycles. The van der Waals surface area contributed by atoms with E-state index in [1.54, 1.807) is 7.05 Å². The molecule has 0 radical (unpaired) electrons. The first-order valence-electron chi connectivity index (χ1n) is 3.74. The van der Waals surface area contributed by atoms with Gasteiger partial charge >= 0.3 is 0 Å². The highest BCUT2D eigenvalue weighted by Gasteiger charge is 2.06. The van der Waals surface area contributed by atoms with Gasteiger partial charge in [-0.1, -0.05) is 6.92 Å². The molecular weight excluding hydrogens is 164 g/mol. The van der Waals surface area contributed by atoms with E-state index in [0.29, 0.717) is 13.1 Å². The minimum Gasteiger partial charge on any atom is -0.319 e. The summed E-state index contributed by atoms with van der Waals surface area (Å²) in [5.41, 5.74) is 0. The zero-order valence-corrected chi connectivity index (χ0v) is 7.87. The van der Waals surface area contributed by atoms with Gasteiger partial charge in [-0.3, -0.25) is 0 Å². The Morgan fingerprint density at radius 2 is 1.91 bits per heavy atom. The average Bonchev–Trinajstić information content (AvgIpc) is 1.97. The third kappa shape index (κ3) is 6.28. The largest absolute Gasteiger partial charge is 0.319 e. The van der Waals surface area contributed by atoms with Gasteiger partial charge in [-0.2, -0.15) is 0 Å². The van der Waals surface area contributed by atoms with Crippen molar-refractivity contribution in [1.29, 1.82) is 0 Å². The summed E-state index contributed by atoms with van der Waals surface area (Å²) in [6.45, 7) is 2.96. The second-order valence-corrected chi connectivity index (χ2v) is 4.24. The molecule has 0 unspecified atom stereocenters. The first-order valence-corrected chi connectivity index (χ1v) is 5.39. The second-order valence-electron chi connectivity index (χ2n) is 2.32. The van der Waals surface area contributed by atoms with E-state index in [0.717, 1.165) is 6.42 Å². The fraction of sp³-hybridized carbons (Fsp3) is 1.00. The molecular formula is C6H16N2O2S. The van der Waals surface area contributed by atoms with Crippen LogP contribution in [-0.2, 0) is 10.0 Å². The summed E-state index contributed by atoms with van der Waals surface area (Å²) in [7, 11) is -1.29. The van der Waals surface area contributed by atoms with Crippen LogP contribution in [0.15, 0.2) is 0 Å². The summed E-state index contributed by atoms with van der Waals surface area (Å²) >= 11 is 0. The third-order valence-electron chi connectivity index (χ3n) is 1.19. The Morgan fingerprint density at radius 3 is 2.36 bits per heavy atom. The monoisotopic (exact) mass is 180 g/mol. The Morgan fingerprint density at radius 1 is 1.27 bits per heavy atom. The van der Waals surface area contributed by atoms with Crippen LogP contribution in [0.25, 0.3) is 0 Å². The summed E-state index contributed by atoms with van der Waals surface area (Å²) in [4.78, 5) is 0. The third-order valence-corrected chi connectivity index (χ3v) is 2.58. The number of sulfonamides is 1. The fourth-order valence-electron chi connectivity index (χ4n) is 0.566. The van der Waals surface area contributed by atoms with E-state index in [2.05, 4.69) is 10.0 Å². The Balaban J connectivity index is 3.63. The molecule has 0 atom stereocenters. The molecule has 68 valence electrons. The van der Waals surface area contributed by atoms with Crippen molar-refractivity contribution in [2.45, 2.75) is 13.3 Å². The lowest BCUT2D eigenvalue weighted by Gasteiger charge is -2.03. The summed E-state index contributed by atoms with van der Waals surface area (Å²) < 4.78 is 24.5. The smallest absolute Gasteiger partial charge is 0.212 e. The van der Waals surface area contributed by atoms with Crippen LogP contribution in [0, 0.1) is 0 Å². The molecule has 0 aromatic rings. The van der Waals surface area contributed by atoms with E-state index < -0.39 is 10.0 Å². The molecule has 0 aliphatic carbocycles. The van der Waals surface area contributed by atoms with Crippen LogP contribution in [0.3, 0.4) is 0 Å². The van der Waals surface area contributed by atoms with Crippen LogP contribution in [0.4, 0.5) is 0 Å². The molecule has 0 bridgehead atoms. The Labute approximate surface area is 68.4 Å². The molecule has 0 fully saturated rings. The van der Waals surface area contributed by atoms with Gasteiger partial charge in [-0.15, -0.1) is 0 Å². The van der Waals surface area contributed by atoms with Gasteiger partial charge in [0.05, 0.1) is 5.75 Å². The van der Waals surface area contributed by atoms with E-state index >= 15 is 0 Å². The van der Waals surface area contributed by atoms with Gasteiger partial charge in [0.1, 0.15) is 0 Å². The highest BCUT2D eigenvalue weighted by Crippen LogP contribution is 1.82. The number of hydrogen-bond donors (Lipinski definition) is 2. The van der Waals surface area contributed by atoms with E-state index in [1.807, 2.05) is 6.92 Å². The first-order chi connectivity index (χ1) is 5.12. The first kappa shape index (κ1) is 10.9. The lowest BCUT2D eigenvalue weighted by Crippen LogP contribution is -2.31. The van der Waals surface area contributed by atoms with Crippen LogP contribution < -0.4 is 10.0 Å². The molecule has 0 amide bonds. The molecule has 0 rings (SSSR count). The second kappa shape index (κ2) is 5.51. The quantitative estimate of drug-likeness (QED) is 0.581. The number of hydrogen-bond acceptors (Lipinski definition) is 3. The minimum atomic E-state index is -3.02. The van der Waals surface area contributed by atoms with E-state index in [4.69, 9.17) is 0 Å². The SMILES string of the molecule is CCCNS(=O)(=O)CCNC. The van der Waals surface area contributed by atoms with Gasteiger partial charge in [-0.05, 0) is 13.5 Å². The van der Waals surface area contributed by atoms with Gasteiger partial charge in [0, 0.05) is 13.1 Å². The normalized spacial score (nSPS) is 11.8. The van der Waals surface area contributed by atoms with Crippen molar-refractivity contribution in [3.63, 3.8) is 0 Å². The van der Waals surface area contributed by atoms with Crippen molar-refractivity contribution < 1.29 is 8.42 Å². The van der Waals surface area contributed by atoms with Gasteiger partial charge in [-0.25, -0.2) is 13.1 Å². The van der Waals surface area contributed by atoms with Crippen molar-refractivity contribution in [2.24, 2.45) is 0 Å². The van der Waals surface area contributed by atoms with Crippen molar-refractivity contribution in [2.75, 3.05) is 25.9 Å². The number of rotatable bonds is 6. The highest BCUT2D eigenvalue weighted by molar-refractivity contribution is 7.89. The van der Waals surface area contributed by atoms with Gasteiger partial charge < -0.3 is 5.32 Å². The maximum atomic E-state index is 11.0. The van der Waals surface area contributed by atoms with Gasteiger partial charge in [0.15, 0.2) is 0 Å². The van der Waals surface area contributed by atoms with E-state index in [1.165, 1.54) is 0 Å². The molecule has 0 aromatic carbocycles. The van der Waals surface area contributed by atoms with Crippen molar-refractivity contribution in [1.82, 2.24) is 10.0 Å². The van der Waals surface area contributed by atoms with Crippen molar-refractivity contribution in [3.8, 4) is 0 Å².